The molecule has 0 aromatic carbocycles. The molecule has 1 atom stereocenters. The molecule has 15 heavy (non-hydrogen) atoms. The van der Waals surface area contributed by atoms with E-state index in [1.165, 1.54) is 0 Å². The number of halogens is 2. The van der Waals surface area contributed by atoms with Crippen molar-refractivity contribution in [2.75, 3.05) is 7.11 Å². The van der Waals surface area contributed by atoms with E-state index < -0.39 is 23.9 Å². The molecular weight excluding hydrogens is 204 g/mol. The fourth-order valence-corrected chi connectivity index (χ4v) is 2.03. The number of esters is 1. The van der Waals surface area contributed by atoms with Crippen LogP contribution in [0.25, 0.3) is 0 Å². The third-order valence-corrected chi connectivity index (χ3v) is 3.02. The number of alkyl halides is 2. The van der Waals surface area contributed by atoms with E-state index in [1.54, 1.807) is 0 Å². The van der Waals surface area contributed by atoms with E-state index in [0.29, 0.717) is 12.8 Å². The Bertz CT molecular complexity index is 227. The molecule has 0 saturated heterocycles. The van der Waals surface area contributed by atoms with Gasteiger partial charge in [-0.05, 0) is 12.8 Å². The molecule has 0 spiro atoms. The van der Waals surface area contributed by atoms with Gasteiger partial charge < -0.3 is 10.5 Å². The first-order valence-electron chi connectivity index (χ1n) is 5.21. The maximum atomic E-state index is 13.7. The van der Waals surface area contributed by atoms with Crippen molar-refractivity contribution in [2.24, 2.45) is 11.7 Å². The molecule has 0 amide bonds. The maximum Gasteiger partial charge on any atom is 0.328 e. The summed E-state index contributed by atoms with van der Waals surface area (Å²) in [6.45, 7) is 0. The third-order valence-electron chi connectivity index (χ3n) is 3.02. The lowest BCUT2D eigenvalue weighted by molar-refractivity contribution is -0.159. The van der Waals surface area contributed by atoms with Gasteiger partial charge in [0.15, 0.2) is 6.04 Å². The van der Waals surface area contributed by atoms with Crippen LogP contribution in [0.3, 0.4) is 0 Å². The zero-order chi connectivity index (χ0) is 11.5. The molecule has 88 valence electrons. The molecule has 0 aliphatic heterocycles. The van der Waals surface area contributed by atoms with Gasteiger partial charge in [0, 0.05) is 5.92 Å². The quantitative estimate of drug-likeness (QED) is 0.738. The molecule has 1 unspecified atom stereocenters. The summed E-state index contributed by atoms with van der Waals surface area (Å²) < 4.78 is 31.7. The normalized spacial score (nSPS) is 21.1. The van der Waals surface area contributed by atoms with E-state index >= 15 is 0 Å². The Labute approximate surface area is 88.0 Å². The Kier molecular flexibility index (Phi) is 4.02. The number of hydrogen-bond donors (Lipinski definition) is 1. The summed E-state index contributed by atoms with van der Waals surface area (Å²) in [7, 11) is 1.07. The zero-order valence-corrected chi connectivity index (χ0v) is 8.84. The fourth-order valence-electron chi connectivity index (χ4n) is 2.03. The highest BCUT2D eigenvalue weighted by molar-refractivity contribution is 5.76. The molecular formula is C10H17F2NO2. The zero-order valence-electron chi connectivity index (χ0n) is 8.84. The molecule has 1 fully saturated rings. The van der Waals surface area contributed by atoms with Crippen LogP contribution in [-0.4, -0.2) is 25.0 Å². The van der Waals surface area contributed by atoms with Crippen molar-refractivity contribution < 1.29 is 18.3 Å². The highest BCUT2D eigenvalue weighted by Gasteiger charge is 2.49. The average Bonchev–Trinajstić information content (AvgIpc) is 2.28. The second-order valence-corrected chi connectivity index (χ2v) is 4.01. The molecule has 1 aliphatic carbocycles. The SMILES string of the molecule is COC(=O)C(N)C(F)(F)C1CCCCC1. The lowest BCUT2D eigenvalue weighted by atomic mass is 9.82. The largest absolute Gasteiger partial charge is 0.468 e. The van der Waals surface area contributed by atoms with Gasteiger partial charge in [0.25, 0.3) is 5.92 Å². The van der Waals surface area contributed by atoms with Crippen LogP contribution in [0.1, 0.15) is 32.1 Å². The predicted molar refractivity (Wildman–Crippen MR) is 51.5 cm³/mol. The van der Waals surface area contributed by atoms with Crippen LogP contribution in [0, 0.1) is 5.92 Å². The standard InChI is InChI=1S/C10H17F2NO2/c1-15-9(14)8(13)10(11,12)7-5-3-2-4-6-7/h7-8H,2-6,13H2,1H3. The summed E-state index contributed by atoms with van der Waals surface area (Å²) in [5, 5.41) is 0. The Morgan fingerprint density at radius 2 is 1.93 bits per heavy atom. The van der Waals surface area contributed by atoms with E-state index in [9.17, 15) is 13.6 Å². The van der Waals surface area contributed by atoms with Crippen molar-refractivity contribution in [3.8, 4) is 0 Å². The molecule has 0 aromatic heterocycles. The highest BCUT2D eigenvalue weighted by atomic mass is 19.3. The van der Waals surface area contributed by atoms with Crippen molar-refractivity contribution in [1.82, 2.24) is 0 Å². The van der Waals surface area contributed by atoms with Crippen LogP contribution < -0.4 is 5.73 Å². The average molecular weight is 221 g/mol. The summed E-state index contributed by atoms with van der Waals surface area (Å²) in [6, 6.07) is -1.83. The summed E-state index contributed by atoms with van der Waals surface area (Å²) in [5.74, 6) is -4.96. The van der Waals surface area contributed by atoms with E-state index in [0.717, 1.165) is 26.4 Å². The number of hydrogen-bond acceptors (Lipinski definition) is 3. The number of carbonyl (C=O) groups is 1. The molecule has 0 bridgehead atoms. The summed E-state index contributed by atoms with van der Waals surface area (Å²) >= 11 is 0. The van der Waals surface area contributed by atoms with Crippen molar-refractivity contribution in [3.05, 3.63) is 0 Å². The third kappa shape index (κ3) is 2.65. The van der Waals surface area contributed by atoms with Crippen LogP contribution in [0.4, 0.5) is 8.78 Å². The second kappa shape index (κ2) is 4.88. The fraction of sp³-hybridized carbons (Fsp3) is 0.900. The minimum atomic E-state index is -3.15. The van der Waals surface area contributed by atoms with Gasteiger partial charge in [-0.1, -0.05) is 19.3 Å². The van der Waals surface area contributed by atoms with Crippen LogP contribution in [0.5, 0.6) is 0 Å². The molecule has 5 heteroatoms. The first-order chi connectivity index (χ1) is 7.00. The number of carbonyl (C=O) groups excluding carboxylic acids is 1. The summed E-state index contributed by atoms with van der Waals surface area (Å²) in [5.41, 5.74) is 5.21. The Hall–Kier alpha value is -0.710. The molecule has 3 nitrogen and oxygen atoms in total. The lowest BCUT2D eigenvalue weighted by Crippen LogP contribution is -2.52. The first-order valence-corrected chi connectivity index (χ1v) is 5.21. The van der Waals surface area contributed by atoms with E-state index in [1.807, 2.05) is 0 Å². The lowest BCUT2D eigenvalue weighted by Gasteiger charge is -2.32. The molecule has 2 N–H and O–H groups in total. The van der Waals surface area contributed by atoms with Gasteiger partial charge in [-0.2, -0.15) is 0 Å². The van der Waals surface area contributed by atoms with E-state index in [2.05, 4.69) is 4.74 Å². The van der Waals surface area contributed by atoms with Crippen LogP contribution in [0.15, 0.2) is 0 Å². The molecule has 0 heterocycles. The summed E-state index contributed by atoms with van der Waals surface area (Å²) in [6.07, 6.45) is 3.44. The first kappa shape index (κ1) is 12.4. The molecule has 1 rings (SSSR count). The second-order valence-electron chi connectivity index (χ2n) is 4.01. The Balaban J connectivity index is 2.66. The van der Waals surface area contributed by atoms with Crippen LogP contribution in [-0.2, 0) is 9.53 Å². The predicted octanol–water partition coefficient (Wildman–Crippen LogP) is 1.70. The summed E-state index contributed by atoms with van der Waals surface area (Å²) in [4.78, 5) is 11.0. The number of ether oxygens (including phenoxy) is 1. The molecule has 1 aliphatic rings. The highest BCUT2D eigenvalue weighted by Crippen LogP contribution is 2.38. The van der Waals surface area contributed by atoms with Gasteiger partial charge in [-0.15, -0.1) is 0 Å². The van der Waals surface area contributed by atoms with E-state index in [-0.39, 0.29) is 0 Å². The van der Waals surface area contributed by atoms with Crippen molar-refractivity contribution >= 4 is 5.97 Å². The monoisotopic (exact) mass is 221 g/mol. The molecule has 0 radical (unpaired) electrons. The maximum absolute atomic E-state index is 13.7. The van der Waals surface area contributed by atoms with Crippen LogP contribution >= 0.6 is 0 Å². The van der Waals surface area contributed by atoms with Gasteiger partial charge in [-0.25, -0.2) is 8.78 Å². The smallest absolute Gasteiger partial charge is 0.328 e. The van der Waals surface area contributed by atoms with Crippen molar-refractivity contribution in [2.45, 2.75) is 44.1 Å². The van der Waals surface area contributed by atoms with Gasteiger partial charge in [0.05, 0.1) is 7.11 Å². The van der Waals surface area contributed by atoms with Crippen LogP contribution in [0.2, 0.25) is 0 Å². The molecule has 0 aromatic rings. The van der Waals surface area contributed by atoms with Crippen molar-refractivity contribution in [3.63, 3.8) is 0 Å². The topological polar surface area (TPSA) is 52.3 Å². The molecule has 1 saturated carbocycles. The van der Waals surface area contributed by atoms with Gasteiger partial charge >= 0.3 is 5.97 Å². The Morgan fingerprint density at radius 1 is 1.40 bits per heavy atom. The van der Waals surface area contributed by atoms with Gasteiger partial charge in [-0.3, -0.25) is 4.79 Å². The minimum Gasteiger partial charge on any atom is -0.468 e. The Morgan fingerprint density at radius 3 is 2.40 bits per heavy atom. The minimum absolute atomic E-state index is 0.442. The van der Waals surface area contributed by atoms with E-state index in [4.69, 9.17) is 5.73 Å². The van der Waals surface area contributed by atoms with Crippen molar-refractivity contribution in [1.29, 1.82) is 0 Å². The van der Waals surface area contributed by atoms with Gasteiger partial charge in [0.1, 0.15) is 0 Å². The number of methoxy groups -OCH3 is 1. The van der Waals surface area contributed by atoms with Gasteiger partial charge in [0.2, 0.25) is 0 Å². The number of nitrogens with two attached hydrogens (primary N) is 1. The number of rotatable bonds is 3.